The normalized spacial score (nSPS) is 18.9. The van der Waals surface area contributed by atoms with E-state index in [1.54, 1.807) is 44.4 Å². The number of methoxy groups -OCH3 is 1. The summed E-state index contributed by atoms with van der Waals surface area (Å²) in [5.41, 5.74) is 1.51. The zero-order chi connectivity index (χ0) is 18.0. The van der Waals surface area contributed by atoms with Gasteiger partial charge >= 0.3 is 0 Å². The molecule has 7 heteroatoms. The molecule has 0 aliphatic carbocycles. The number of morpholine rings is 1. The van der Waals surface area contributed by atoms with E-state index in [0.717, 1.165) is 11.1 Å². The van der Waals surface area contributed by atoms with Gasteiger partial charge in [-0.3, -0.25) is 0 Å². The highest BCUT2D eigenvalue weighted by atomic mass is 32.2. The van der Waals surface area contributed by atoms with Gasteiger partial charge in [-0.1, -0.05) is 12.1 Å². The van der Waals surface area contributed by atoms with Crippen LogP contribution in [0.25, 0.3) is 0 Å². The lowest BCUT2D eigenvalue weighted by molar-refractivity contribution is -0.00258. The minimum absolute atomic E-state index is 0.193. The second-order valence-electron chi connectivity index (χ2n) is 5.91. The van der Waals surface area contributed by atoms with Gasteiger partial charge in [-0.15, -0.1) is 0 Å². The monoisotopic (exact) mass is 365 g/mol. The summed E-state index contributed by atoms with van der Waals surface area (Å²) in [6.45, 7) is 2.57. The first kappa shape index (κ1) is 17.8. The van der Waals surface area contributed by atoms with Crippen molar-refractivity contribution in [3.8, 4) is 5.75 Å². The Labute approximate surface area is 147 Å². The van der Waals surface area contributed by atoms with Crippen LogP contribution >= 0.6 is 0 Å². The Bertz CT molecular complexity index is 852. The molecule has 1 aliphatic heterocycles. The quantitative estimate of drug-likeness (QED) is 0.836. The molecule has 1 fully saturated rings. The minimum Gasteiger partial charge on any atom is -0.496 e. The van der Waals surface area contributed by atoms with Crippen LogP contribution in [0.1, 0.15) is 17.2 Å². The van der Waals surface area contributed by atoms with Crippen LogP contribution in [0.3, 0.4) is 0 Å². The molecular formula is C18H20FNO4S. The molecule has 0 amide bonds. The summed E-state index contributed by atoms with van der Waals surface area (Å²) in [4.78, 5) is 0.227. The number of sulfonamides is 1. The smallest absolute Gasteiger partial charge is 0.243 e. The van der Waals surface area contributed by atoms with Gasteiger partial charge in [-0.2, -0.15) is 4.31 Å². The Hall–Kier alpha value is -1.96. The fraction of sp³-hybridized carbons (Fsp3) is 0.333. The summed E-state index contributed by atoms with van der Waals surface area (Å²) in [5, 5.41) is 0. The molecule has 5 nitrogen and oxygen atoms in total. The molecule has 0 N–H and O–H groups in total. The van der Waals surface area contributed by atoms with Gasteiger partial charge in [0.15, 0.2) is 0 Å². The Kier molecular flexibility index (Phi) is 5.08. The fourth-order valence-electron chi connectivity index (χ4n) is 2.88. The molecule has 25 heavy (non-hydrogen) atoms. The first-order valence-corrected chi connectivity index (χ1v) is 9.37. The first-order valence-electron chi connectivity index (χ1n) is 7.93. The predicted octanol–water partition coefficient (Wildman–Crippen LogP) is 2.90. The van der Waals surface area contributed by atoms with Crippen molar-refractivity contribution < 1.29 is 22.3 Å². The van der Waals surface area contributed by atoms with E-state index in [2.05, 4.69) is 0 Å². The summed E-state index contributed by atoms with van der Waals surface area (Å²) in [5.74, 6) is 0.308. The van der Waals surface area contributed by atoms with Gasteiger partial charge in [-0.25, -0.2) is 12.8 Å². The molecule has 0 radical (unpaired) electrons. The predicted molar refractivity (Wildman–Crippen MR) is 91.6 cm³/mol. The zero-order valence-corrected chi connectivity index (χ0v) is 14.9. The summed E-state index contributed by atoms with van der Waals surface area (Å²) in [6.07, 6.45) is -0.413. The fourth-order valence-corrected chi connectivity index (χ4v) is 4.39. The molecule has 0 aromatic heterocycles. The van der Waals surface area contributed by atoms with Crippen LogP contribution in [0.2, 0.25) is 0 Å². The van der Waals surface area contributed by atoms with Gasteiger partial charge in [-0.05, 0) is 48.4 Å². The summed E-state index contributed by atoms with van der Waals surface area (Å²) in [7, 11) is -2.09. The van der Waals surface area contributed by atoms with Crippen LogP contribution in [0, 0.1) is 12.7 Å². The number of aryl methyl sites for hydroxylation is 1. The number of ether oxygens (including phenoxy) is 2. The number of hydrogen-bond donors (Lipinski definition) is 0. The third-order valence-electron chi connectivity index (χ3n) is 4.28. The molecule has 0 spiro atoms. The SMILES string of the molecule is COc1ccc(S(=O)(=O)N2CCOC(c3ccc(F)cc3)C2)cc1C. The molecule has 3 rings (SSSR count). The van der Waals surface area contributed by atoms with Crippen LogP contribution in [0.4, 0.5) is 4.39 Å². The highest BCUT2D eigenvalue weighted by molar-refractivity contribution is 7.89. The largest absolute Gasteiger partial charge is 0.496 e. The van der Waals surface area contributed by atoms with Crippen molar-refractivity contribution in [1.29, 1.82) is 0 Å². The summed E-state index contributed by atoms with van der Waals surface area (Å²) >= 11 is 0. The molecule has 1 saturated heterocycles. The molecule has 1 atom stereocenters. The molecule has 134 valence electrons. The van der Waals surface area contributed by atoms with Crippen molar-refractivity contribution in [3.05, 3.63) is 59.4 Å². The molecule has 2 aromatic rings. The van der Waals surface area contributed by atoms with Gasteiger partial charge in [0.05, 0.1) is 24.7 Å². The second kappa shape index (κ2) is 7.11. The second-order valence-corrected chi connectivity index (χ2v) is 7.84. The third-order valence-corrected chi connectivity index (χ3v) is 6.14. The van der Waals surface area contributed by atoms with E-state index in [1.807, 2.05) is 0 Å². The number of nitrogens with zero attached hydrogens (tertiary/aromatic N) is 1. The van der Waals surface area contributed by atoms with Crippen molar-refractivity contribution in [2.75, 3.05) is 26.8 Å². The Morgan fingerprint density at radius 3 is 2.56 bits per heavy atom. The number of rotatable bonds is 4. The highest BCUT2D eigenvalue weighted by Crippen LogP contribution is 2.28. The van der Waals surface area contributed by atoms with Gasteiger partial charge < -0.3 is 9.47 Å². The Morgan fingerprint density at radius 1 is 1.20 bits per heavy atom. The van der Waals surface area contributed by atoms with E-state index in [9.17, 15) is 12.8 Å². The van der Waals surface area contributed by atoms with Gasteiger partial charge in [0.25, 0.3) is 0 Å². The topological polar surface area (TPSA) is 55.8 Å². The molecule has 1 aliphatic rings. The van der Waals surface area contributed by atoms with Crippen LogP contribution < -0.4 is 4.74 Å². The molecule has 1 heterocycles. The standard InChI is InChI=1S/C18H20FNO4S/c1-13-11-16(7-8-17(13)23-2)25(21,22)20-9-10-24-18(12-20)14-3-5-15(19)6-4-14/h3-8,11,18H,9-10,12H2,1-2H3. The lowest BCUT2D eigenvalue weighted by atomic mass is 10.1. The van der Waals surface area contributed by atoms with E-state index in [1.165, 1.54) is 16.4 Å². The Morgan fingerprint density at radius 2 is 1.92 bits per heavy atom. The molecular weight excluding hydrogens is 345 g/mol. The van der Waals surface area contributed by atoms with Crippen molar-refractivity contribution in [2.24, 2.45) is 0 Å². The minimum atomic E-state index is -3.63. The van der Waals surface area contributed by atoms with E-state index in [0.29, 0.717) is 5.75 Å². The van der Waals surface area contributed by atoms with Crippen LogP contribution in [0.15, 0.2) is 47.4 Å². The maximum Gasteiger partial charge on any atom is 0.243 e. The molecule has 0 bridgehead atoms. The molecule has 1 unspecified atom stereocenters. The number of hydrogen-bond acceptors (Lipinski definition) is 4. The van der Waals surface area contributed by atoms with Crippen molar-refractivity contribution in [1.82, 2.24) is 4.31 Å². The lowest BCUT2D eigenvalue weighted by Gasteiger charge is -2.32. The Balaban J connectivity index is 1.84. The lowest BCUT2D eigenvalue weighted by Crippen LogP contribution is -2.42. The van der Waals surface area contributed by atoms with Crippen molar-refractivity contribution in [2.45, 2.75) is 17.9 Å². The van der Waals surface area contributed by atoms with Crippen molar-refractivity contribution >= 4 is 10.0 Å². The maximum absolute atomic E-state index is 13.1. The number of halogens is 1. The zero-order valence-electron chi connectivity index (χ0n) is 14.1. The molecule has 2 aromatic carbocycles. The molecule has 0 saturated carbocycles. The summed E-state index contributed by atoms with van der Waals surface area (Å²) in [6, 6.07) is 10.7. The highest BCUT2D eigenvalue weighted by Gasteiger charge is 2.31. The van der Waals surface area contributed by atoms with Crippen LogP contribution in [-0.4, -0.2) is 39.5 Å². The summed E-state index contributed by atoms with van der Waals surface area (Å²) < 4.78 is 51.2. The average molecular weight is 365 g/mol. The maximum atomic E-state index is 13.1. The van der Waals surface area contributed by atoms with Crippen molar-refractivity contribution in [3.63, 3.8) is 0 Å². The number of benzene rings is 2. The van der Waals surface area contributed by atoms with E-state index < -0.39 is 16.1 Å². The third kappa shape index (κ3) is 3.68. The first-order chi connectivity index (χ1) is 11.9. The van der Waals surface area contributed by atoms with Gasteiger partial charge in [0, 0.05) is 13.1 Å². The van der Waals surface area contributed by atoms with Gasteiger partial charge in [0.1, 0.15) is 11.6 Å². The van der Waals surface area contributed by atoms with E-state index in [4.69, 9.17) is 9.47 Å². The van der Waals surface area contributed by atoms with Crippen LogP contribution in [-0.2, 0) is 14.8 Å². The average Bonchev–Trinajstić information content (AvgIpc) is 2.62. The van der Waals surface area contributed by atoms with E-state index >= 15 is 0 Å². The van der Waals surface area contributed by atoms with E-state index in [-0.39, 0.29) is 30.4 Å². The van der Waals surface area contributed by atoms with Crippen LogP contribution in [0.5, 0.6) is 5.75 Å². The van der Waals surface area contributed by atoms with Gasteiger partial charge in [0.2, 0.25) is 10.0 Å².